The highest BCUT2D eigenvalue weighted by Gasteiger charge is 2.15. The number of nitrogens with one attached hydrogen (secondary N) is 1. The van der Waals surface area contributed by atoms with E-state index in [1.54, 1.807) is 12.4 Å². The molecule has 0 aliphatic heterocycles. The summed E-state index contributed by atoms with van der Waals surface area (Å²) in [6, 6.07) is 13.5. The van der Waals surface area contributed by atoms with Gasteiger partial charge in [-0.1, -0.05) is 30.3 Å². The summed E-state index contributed by atoms with van der Waals surface area (Å²) in [6.45, 7) is 2.66. The molecular weight excluding hydrogens is 322 g/mol. The third-order valence-electron chi connectivity index (χ3n) is 3.34. The van der Waals surface area contributed by atoms with E-state index in [1.807, 2.05) is 49.4 Å². The molecule has 0 fully saturated rings. The Morgan fingerprint density at radius 3 is 2.79 bits per heavy atom. The maximum atomic E-state index is 12.3. The summed E-state index contributed by atoms with van der Waals surface area (Å²) in [7, 11) is 0. The van der Waals surface area contributed by atoms with Crippen LogP contribution in [0.4, 0.5) is 0 Å². The van der Waals surface area contributed by atoms with E-state index in [4.69, 9.17) is 4.74 Å². The van der Waals surface area contributed by atoms with Crippen LogP contribution >= 0.6 is 11.3 Å². The first-order valence-electron chi connectivity index (χ1n) is 7.53. The number of ether oxygens (including phenoxy) is 1. The van der Waals surface area contributed by atoms with Crippen molar-refractivity contribution in [1.82, 2.24) is 15.3 Å². The first-order chi connectivity index (χ1) is 11.7. The first kappa shape index (κ1) is 16.1. The van der Waals surface area contributed by atoms with E-state index in [2.05, 4.69) is 15.3 Å². The molecule has 0 unspecified atom stereocenters. The highest BCUT2D eigenvalue weighted by Crippen LogP contribution is 2.20. The van der Waals surface area contributed by atoms with Crippen LogP contribution in [0.3, 0.4) is 0 Å². The Balaban J connectivity index is 1.59. The number of thiazole rings is 1. The first-order valence-corrected chi connectivity index (χ1v) is 8.35. The second-order valence-electron chi connectivity index (χ2n) is 5.17. The van der Waals surface area contributed by atoms with Crippen molar-refractivity contribution in [1.29, 1.82) is 0 Å². The Hall–Kier alpha value is -2.73. The van der Waals surface area contributed by atoms with Gasteiger partial charge < -0.3 is 10.1 Å². The van der Waals surface area contributed by atoms with E-state index in [0.29, 0.717) is 23.8 Å². The van der Waals surface area contributed by atoms with Gasteiger partial charge in [0.2, 0.25) is 0 Å². The molecule has 1 aromatic carbocycles. The zero-order valence-electron chi connectivity index (χ0n) is 13.2. The Labute approximate surface area is 144 Å². The largest absolute Gasteiger partial charge is 0.485 e. The quantitative estimate of drug-likeness (QED) is 0.748. The molecule has 2 heterocycles. The number of carbonyl (C=O) groups excluding carboxylic acids is 1. The lowest BCUT2D eigenvalue weighted by atomic mass is 10.2. The number of nitrogens with zero attached hydrogens (tertiary/aromatic N) is 2. The van der Waals surface area contributed by atoms with E-state index in [0.717, 1.165) is 16.3 Å². The summed E-state index contributed by atoms with van der Waals surface area (Å²) in [5.41, 5.74) is 1.78. The van der Waals surface area contributed by atoms with Gasteiger partial charge in [-0.3, -0.25) is 9.78 Å². The third-order valence-corrected chi connectivity index (χ3v) is 4.47. The number of aryl methyl sites for hydroxylation is 1. The van der Waals surface area contributed by atoms with Crippen LogP contribution in [0.25, 0.3) is 0 Å². The monoisotopic (exact) mass is 339 g/mol. The zero-order valence-corrected chi connectivity index (χ0v) is 14.0. The normalized spacial score (nSPS) is 10.4. The smallest absolute Gasteiger partial charge is 0.263 e. The SMILES string of the molecule is Cc1nc(COc2cccnc2)sc1C(=O)NCc1ccccc1. The Bertz CT molecular complexity index is 804. The van der Waals surface area contributed by atoms with Gasteiger partial charge >= 0.3 is 0 Å². The second-order valence-corrected chi connectivity index (χ2v) is 6.25. The molecule has 3 rings (SSSR count). The van der Waals surface area contributed by atoms with Crippen LogP contribution in [0.2, 0.25) is 0 Å². The van der Waals surface area contributed by atoms with Gasteiger partial charge in [-0.15, -0.1) is 11.3 Å². The zero-order chi connectivity index (χ0) is 16.8. The standard InChI is InChI=1S/C18H17N3O2S/c1-13-17(18(22)20-10-14-6-3-2-4-7-14)24-16(21-13)12-23-15-8-5-9-19-11-15/h2-9,11H,10,12H2,1H3,(H,20,22). The van der Waals surface area contributed by atoms with Crippen LogP contribution in [0.15, 0.2) is 54.9 Å². The Morgan fingerprint density at radius 2 is 2.04 bits per heavy atom. The fourth-order valence-electron chi connectivity index (χ4n) is 2.16. The third kappa shape index (κ3) is 4.17. The summed E-state index contributed by atoms with van der Waals surface area (Å²) >= 11 is 1.35. The number of amides is 1. The van der Waals surface area contributed by atoms with Crippen LogP contribution in [-0.2, 0) is 13.2 Å². The average Bonchev–Trinajstić information content (AvgIpc) is 3.00. The molecule has 3 aromatic rings. The van der Waals surface area contributed by atoms with Crippen molar-refractivity contribution in [3.63, 3.8) is 0 Å². The van der Waals surface area contributed by atoms with Crippen molar-refractivity contribution >= 4 is 17.2 Å². The number of hydrogen-bond donors (Lipinski definition) is 1. The fourth-order valence-corrected chi connectivity index (χ4v) is 3.05. The molecule has 1 amide bonds. The lowest BCUT2D eigenvalue weighted by molar-refractivity contribution is 0.0954. The van der Waals surface area contributed by atoms with Crippen molar-refractivity contribution in [2.24, 2.45) is 0 Å². The topological polar surface area (TPSA) is 64.1 Å². The number of hydrogen-bond acceptors (Lipinski definition) is 5. The Morgan fingerprint density at radius 1 is 1.21 bits per heavy atom. The molecule has 5 nitrogen and oxygen atoms in total. The molecule has 122 valence electrons. The molecule has 6 heteroatoms. The molecule has 0 bridgehead atoms. The van der Waals surface area contributed by atoms with Gasteiger partial charge in [0.1, 0.15) is 22.2 Å². The summed E-state index contributed by atoms with van der Waals surface area (Å²) < 4.78 is 5.62. The summed E-state index contributed by atoms with van der Waals surface area (Å²) in [5.74, 6) is 0.571. The molecule has 1 N–H and O–H groups in total. The highest BCUT2D eigenvalue weighted by atomic mass is 32.1. The number of rotatable bonds is 6. The summed E-state index contributed by atoms with van der Waals surface area (Å²) in [5, 5.41) is 3.69. The van der Waals surface area contributed by atoms with E-state index in [-0.39, 0.29) is 5.91 Å². The van der Waals surface area contributed by atoms with Gasteiger partial charge in [-0.25, -0.2) is 4.98 Å². The minimum Gasteiger partial charge on any atom is -0.485 e. The van der Waals surface area contributed by atoms with Crippen molar-refractivity contribution < 1.29 is 9.53 Å². The average molecular weight is 339 g/mol. The van der Waals surface area contributed by atoms with Crippen molar-refractivity contribution in [3.05, 3.63) is 76.0 Å². The maximum Gasteiger partial charge on any atom is 0.263 e. The summed E-state index contributed by atoms with van der Waals surface area (Å²) in [4.78, 5) is 21.4. The lowest BCUT2D eigenvalue weighted by Crippen LogP contribution is -2.22. The van der Waals surface area contributed by atoms with Crippen molar-refractivity contribution in [2.75, 3.05) is 0 Å². The van der Waals surface area contributed by atoms with E-state index >= 15 is 0 Å². The summed E-state index contributed by atoms with van der Waals surface area (Å²) in [6.07, 6.45) is 3.34. The van der Waals surface area contributed by atoms with E-state index in [9.17, 15) is 4.79 Å². The maximum absolute atomic E-state index is 12.3. The van der Waals surface area contributed by atoms with Crippen molar-refractivity contribution in [3.8, 4) is 5.75 Å². The molecule has 0 spiro atoms. The molecule has 0 atom stereocenters. The molecule has 2 aromatic heterocycles. The van der Waals surface area contributed by atoms with Crippen LogP contribution < -0.4 is 10.1 Å². The molecule has 0 radical (unpaired) electrons. The predicted octanol–water partition coefficient (Wildman–Crippen LogP) is 3.36. The number of benzene rings is 1. The van der Waals surface area contributed by atoms with Gasteiger partial charge in [-0.2, -0.15) is 0 Å². The van der Waals surface area contributed by atoms with Crippen LogP contribution in [0.1, 0.15) is 25.9 Å². The van der Waals surface area contributed by atoms with Gasteiger partial charge in [-0.05, 0) is 24.6 Å². The fraction of sp³-hybridized carbons (Fsp3) is 0.167. The van der Waals surface area contributed by atoms with E-state index < -0.39 is 0 Å². The van der Waals surface area contributed by atoms with Gasteiger partial charge in [0.25, 0.3) is 5.91 Å². The number of carbonyl (C=O) groups is 1. The van der Waals surface area contributed by atoms with Gasteiger partial charge in [0.05, 0.1) is 11.9 Å². The lowest BCUT2D eigenvalue weighted by Gasteiger charge is -2.04. The second kappa shape index (κ2) is 7.70. The Kier molecular flexibility index (Phi) is 5.18. The van der Waals surface area contributed by atoms with Crippen LogP contribution in [0, 0.1) is 6.92 Å². The van der Waals surface area contributed by atoms with Crippen molar-refractivity contribution in [2.45, 2.75) is 20.1 Å². The van der Waals surface area contributed by atoms with Gasteiger partial charge in [0, 0.05) is 12.7 Å². The molecular formula is C18H17N3O2S. The molecule has 24 heavy (non-hydrogen) atoms. The highest BCUT2D eigenvalue weighted by molar-refractivity contribution is 7.13. The van der Waals surface area contributed by atoms with Crippen LogP contribution in [-0.4, -0.2) is 15.9 Å². The number of aromatic nitrogens is 2. The van der Waals surface area contributed by atoms with E-state index in [1.165, 1.54) is 11.3 Å². The minimum absolute atomic E-state index is 0.110. The molecule has 0 aliphatic rings. The van der Waals surface area contributed by atoms with Gasteiger partial charge in [0.15, 0.2) is 0 Å². The molecule has 0 saturated carbocycles. The molecule has 0 aliphatic carbocycles. The minimum atomic E-state index is -0.110. The molecule has 0 saturated heterocycles. The number of pyridine rings is 1. The van der Waals surface area contributed by atoms with Crippen LogP contribution in [0.5, 0.6) is 5.75 Å². The predicted molar refractivity (Wildman–Crippen MR) is 93.0 cm³/mol.